The summed E-state index contributed by atoms with van der Waals surface area (Å²) in [5, 5.41) is 9.82. The minimum absolute atomic E-state index is 0.00217. The fourth-order valence-corrected chi connectivity index (χ4v) is 4.89. The standard InChI is InChI=1S/C15H24N5O7P/c1-3-25-15(26-4-2,28(22,23)24)9-5-11(27-10(9)6-21)20-8-19-12-13(16)17-7-18-14(12)20/h7-11,21H,3-6H2,1-2H3,(H2,16,17,18)(H2,22,23,24)/t9-,10+,11+/m0/s1. The summed E-state index contributed by atoms with van der Waals surface area (Å²) in [6, 6.07) is 0. The number of hydrogen-bond acceptors (Lipinski definition) is 9. The lowest BCUT2D eigenvalue weighted by molar-refractivity contribution is -0.225. The van der Waals surface area contributed by atoms with Gasteiger partial charge in [-0.15, -0.1) is 0 Å². The molecule has 13 heteroatoms. The summed E-state index contributed by atoms with van der Waals surface area (Å²) >= 11 is 0. The molecule has 2 aromatic heterocycles. The van der Waals surface area contributed by atoms with Crippen molar-refractivity contribution in [2.45, 2.75) is 38.1 Å². The van der Waals surface area contributed by atoms with Gasteiger partial charge in [-0.1, -0.05) is 0 Å². The molecule has 0 bridgehead atoms. The van der Waals surface area contributed by atoms with Crippen molar-refractivity contribution in [2.24, 2.45) is 5.92 Å². The minimum Gasteiger partial charge on any atom is -0.394 e. The zero-order valence-electron chi connectivity index (χ0n) is 15.5. The number of fused-ring (bicyclic) bond motifs is 1. The molecule has 28 heavy (non-hydrogen) atoms. The average Bonchev–Trinajstić information content (AvgIpc) is 3.25. The summed E-state index contributed by atoms with van der Waals surface area (Å²) in [5.74, 6) is -0.745. The van der Waals surface area contributed by atoms with Gasteiger partial charge in [0, 0.05) is 19.6 Å². The SMILES string of the molecule is CCOC(OCC)([C@H]1C[C@H](n2cnc3c(N)ncnc32)O[C@@H]1CO)P(=O)(O)O. The van der Waals surface area contributed by atoms with E-state index in [0.717, 1.165) is 0 Å². The molecule has 156 valence electrons. The van der Waals surface area contributed by atoms with Crippen molar-refractivity contribution >= 4 is 24.6 Å². The second kappa shape index (κ2) is 7.99. The normalized spacial score (nSPS) is 23.5. The Kier molecular flexibility index (Phi) is 6.01. The number of aromatic nitrogens is 4. The number of aliphatic hydroxyl groups excluding tert-OH is 1. The largest absolute Gasteiger partial charge is 0.394 e. The van der Waals surface area contributed by atoms with Crippen LogP contribution in [0, 0.1) is 5.92 Å². The molecular weight excluding hydrogens is 393 g/mol. The lowest BCUT2D eigenvalue weighted by atomic mass is 9.99. The van der Waals surface area contributed by atoms with E-state index in [1.807, 2.05) is 0 Å². The molecule has 0 saturated carbocycles. The van der Waals surface area contributed by atoms with Crippen LogP contribution in [0.25, 0.3) is 11.2 Å². The molecule has 0 amide bonds. The summed E-state index contributed by atoms with van der Waals surface area (Å²) in [5.41, 5.74) is 4.36. The Bertz CT molecular complexity index is 866. The van der Waals surface area contributed by atoms with Crippen molar-refractivity contribution in [3.8, 4) is 0 Å². The van der Waals surface area contributed by atoms with E-state index in [0.29, 0.717) is 11.2 Å². The van der Waals surface area contributed by atoms with E-state index in [2.05, 4.69) is 15.0 Å². The number of ether oxygens (including phenoxy) is 3. The number of anilines is 1. The van der Waals surface area contributed by atoms with Crippen LogP contribution >= 0.6 is 7.60 Å². The lowest BCUT2D eigenvalue weighted by Gasteiger charge is -2.39. The van der Waals surface area contributed by atoms with Crippen LogP contribution in [0.4, 0.5) is 5.82 Å². The van der Waals surface area contributed by atoms with Crippen LogP contribution in [-0.2, 0) is 18.8 Å². The molecule has 0 aromatic carbocycles. The highest BCUT2D eigenvalue weighted by atomic mass is 31.2. The van der Waals surface area contributed by atoms with Gasteiger partial charge < -0.3 is 34.8 Å². The van der Waals surface area contributed by atoms with Gasteiger partial charge in [0.05, 0.1) is 25.0 Å². The summed E-state index contributed by atoms with van der Waals surface area (Å²) < 4.78 is 30.8. The number of nitrogens with zero attached hydrogens (tertiary/aromatic N) is 4. The topological polar surface area (TPSA) is 175 Å². The van der Waals surface area contributed by atoms with E-state index in [-0.39, 0.29) is 25.5 Å². The Morgan fingerprint density at radius 1 is 1.32 bits per heavy atom. The average molecular weight is 417 g/mol. The molecule has 0 radical (unpaired) electrons. The fraction of sp³-hybridized carbons (Fsp3) is 0.667. The summed E-state index contributed by atoms with van der Waals surface area (Å²) in [6.45, 7) is 2.73. The van der Waals surface area contributed by atoms with Gasteiger partial charge >= 0.3 is 7.60 Å². The van der Waals surface area contributed by atoms with E-state index in [9.17, 15) is 19.5 Å². The molecule has 1 fully saturated rings. The third-order valence-corrected chi connectivity index (χ3v) is 6.09. The maximum Gasteiger partial charge on any atom is 0.385 e. The monoisotopic (exact) mass is 417 g/mol. The van der Waals surface area contributed by atoms with Crippen molar-refractivity contribution in [1.82, 2.24) is 19.5 Å². The number of aliphatic hydroxyl groups is 1. The van der Waals surface area contributed by atoms with Crippen LogP contribution in [0.1, 0.15) is 26.5 Å². The highest BCUT2D eigenvalue weighted by molar-refractivity contribution is 7.53. The van der Waals surface area contributed by atoms with Crippen LogP contribution in [0.15, 0.2) is 12.7 Å². The molecule has 0 unspecified atom stereocenters. The molecule has 1 aliphatic rings. The Hall–Kier alpha value is -1.66. The van der Waals surface area contributed by atoms with Crippen molar-refractivity contribution < 1.29 is 33.7 Å². The molecule has 1 aliphatic heterocycles. The molecule has 0 spiro atoms. The Morgan fingerprint density at radius 2 is 2.00 bits per heavy atom. The van der Waals surface area contributed by atoms with Gasteiger partial charge in [-0.25, -0.2) is 15.0 Å². The van der Waals surface area contributed by atoms with Crippen LogP contribution in [0.2, 0.25) is 0 Å². The number of imidazole rings is 1. The zero-order chi connectivity index (χ0) is 20.5. The summed E-state index contributed by atoms with van der Waals surface area (Å²) in [6.07, 6.45) is 1.18. The lowest BCUT2D eigenvalue weighted by Crippen LogP contribution is -2.47. The predicted octanol–water partition coefficient (Wildman–Crippen LogP) is 0.209. The first-order chi connectivity index (χ1) is 13.3. The molecule has 3 heterocycles. The first kappa shape index (κ1) is 21.1. The first-order valence-electron chi connectivity index (χ1n) is 8.81. The van der Waals surface area contributed by atoms with Gasteiger partial charge in [-0.3, -0.25) is 9.13 Å². The number of hydrogen-bond donors (Lipinski definition) is 4. The molecule has 3 atom stereocenters. The van der Waals surface area contributed by atoms with Crippen LogP contribution in [0.3, 0.4) is 0 Å². The van der Waals surface area contributed by atoms with E-state index in [1.54, 1.807) is 18.4 Å². The van der Waals surface area contributed by atoms with Crippen molar-refractivity contribution in [2.75, 3.05) is 25.6 Å². The third kappa shape index (κ3) is 3.41. The molecule has 0 aliphatic carbocycles. The molecule has 12 nitrogen and oxygen atoms in total. The summed E-state index contributed by atoms with van der Waals surface area (Å²) in [4.78, 5) is 32.3. The molecule has 1 saturated heterocycles. The Balaban J connectivity index is 2.02. The Morgan fingerprint density at radius 3 is 2.57 bits per heavy atom. The van der Waals surface area contributed by atoms with Crippen molar-refractivity contribution in [3.05, 3.63) is 12.7 Å². The summed E-state index contributed by atoms with van der Waals surface area (Å²) in [7, 11) is -4.90. The molecule has 2 aromatic rings. The molecular formula is C15H24N5O7P. The van der Waals surface area contributed by atoms with Gasteiger partial charge in [0.1, 0.15) is 18.1 Å². The van der Waals surface area contributed by atoms with E-state index in [4.69, 9.17) is 19.9 Å². The van der Waals surface area contributed by atoms with Gasteiger partial charge in [-0.05, 0) is 13.8 Å². The second-order valence-corrected chi connectivity index (χ2v) is 7.99. The smallest absolute Gasteiger partial charge is 0.385 e. The van der Waals surface area contributed by atoms with E-state index < -0.39 is 38.0 Å². The zero-order valence-corrected chi connectivity index (χ0v) is 16.4. The number of rotatable bonds is 8. The predicted molar refractivity (Wildman–Crippen MR) is 96.9 cm³/mol. The number of nitrogens with two attached hydrogens (primary N) is 1. The van der Waals surface area contributed by atoms with Gasteiger partial charge in [0.25, 0.3) is 5.53 Å². The van der Waals surface area contributed by atoms with E-state index >= 15 is 0 Å². The highest BCUT2D eigenvalue weighted by Gasteiger charge is 2.61. The second-order valence-electron chi connectivity index (χ2n) is 6.28. The van der Waals surface area contributed by atoms with Gasteiger partial charge in [0.2, 0.25) is 0 Å². The van der Waals surface area contributed by atoms with Crippen LogP contribution in [0.5, 0.6) is 0 Å². The molecule has 3 rings (SSSR count). The molecule has 5 N–H and O–H groups in total. The highest BCUT2D eigenvalue weighted by Crippen LogP contribution is 2.60. The van der Waals surface area contributed by atoms with Gasteiger partial charge in [0.15, 0.2) is 11.5 Å². The first-order valence-corrected chi connectivity index (χ1v) is 10.4. The maximum absolute atomic E-state index is 12.4. The van der Waals surface area contributed by atoms with Crippen LogP contribution in [-0.4, -0.2) is 65.9 Å². The van der Waals surface area contributed by atoms with Crippen LogP contribution < -0.4 is 5.73 Å². The van der Waals surface area contributed by atoms with Crippen molar-refractivity contribution in [3.63, 3.8) is 0 Å². The van der Waals surface area contributed by atoms with Crippen molar-refractivity contribution in [1.29, 1.82) is 0 Å². The maximum atomic E-state index is 12.4. The Labute approximate surface area is 160 Å². The number of nitrogen functional groups attached to an aromatic ring is 1. The quantitative estimate of drug-likeness (QED) is 0.341. The minimum atomic E-state index is -4.90. The van der Waals surface area contributed by atoms with Gasteiger partial charge in [-0.2, -0.15) is 0 Å². The fourth-order valence-electron chi connectivity index (χ4n) is 3.59. The third-order valence-electron chi connectivity index (χ3n) is 4.69. The van der Waals surface area contributed by atoms with E-state index in [1.165, 1.54) is 12.7 Å².